The number of benzene rings is 1. The van der Waals surface area contributed by atoms with E-state index in [1.54, 1.807) is 0 Å². The number of halogens is 3. The first-order chi connectivity index (χ1) is 12.6. The molecule has 1 aromatic rings. The second kappa shape index (κ2) is 7.26. The molecule has 0 radical (unpaired) electrons. The van der Waals surface area contributed by atoms with Gasteiger partial charge in [0.2, 0.25) is 0 Å². The molecule has 0 bridgehead atoms. The van der Waals surface area contributed by atoms with E-state index in [1.807, 2.05) is 0 Å². The highest BCUT2D eigenvalue weighted by Gasteiger charge is 2.39. The molecule has 0 saturated carbocycles. The minimum Gasteiger partial charge on any atom is -0.481 e. The smallest absolute Gasteiger partial charge is 0.481 e. The first-order valence-corrected chi connectivity index (χ1v) is 8.43. The van der Waals surface area contributed by atoms with E-state index in [-0.39, 0.29) is 50.3 Å². The van der Waals surface area contributed by atoms with Crippen molar-refractivity contribution < 1.29 is 37.7 Å². The van der Waals surface area contributed by atoms with Crippen molar-refractivity contribution in [3.8, 4) is 5.75 Å². The molecule has 2 aliphatic heterocycles. The zero-order valence-electron chi connectivity index (χ0n) is 14.2. The van der Waals surface area contributed by atoms with Crippen LogP contribution in [-0.4, -0.2) is 70.7 Å². The van der Waals surface area contributed by atoms with E-state index in [9.17, 15) is 33.0 Å². The molecule has 2 atom stereocenters. The van der Waals surface area contributed by atoms with Crippen LogP contribution in [0.3, 0.4) is 0 Å². The fourth-order valence-electron chi connectivity index (χ4n) is 3.43. The fourth-order valence-corrected chi connectivity index (χ4v) is 3.43. The number of aliphatic hydroxyl groups excluding tert-OH is 1. The lowest BCUT2D eigenvalue weighted by Crippen LogP contribution is -2.59. The third kappa shape index (κ3) is 4.62. The molecule has 148 valence electrons. The summed E-state index contributed by atoms with van der Waals surface area (Å²) < 4.78 is 40.6. The molecular weight excluding hydrogens is 369 g/mol. The van der Waals surface area contributed by atoms with Gasteiger partial charge in [0.05, 0.1) is 25.1 Å². The Balaban J connectivity index is 1.73. The molecule has 1 aromatic carbocycles. The van der Waals surface area contributed by atoms with Crippen LogP contribution in [0.25, 0.3) is 0 Å². The number of nitrogens with zero attached hydrogens (tertiary/aromatic N) is 2. The van der Waals surface area contributed by atoms with E-state index in [1.165, 1.54) is 34.1 Å². The highest BCUT2D eigenvalue weighted by molar-refractivity contribution is 5.77. The standard InChI is InChI=1S/C17H19F3N2O5/c18-17(19,20)27-14-3-1-10(2-4-14)11-5-12(15(24)25)7-21(6-11)16(26)22-8-13(23)9-22/h1-4,11-13,23H,5-9H2,(H,24,25). The quantitative estimate of drug-likeness (QED) is 0.825. The molecule has 2 fully saturated rings. The normalized spacial score (nSPS) is 23.7. The number of β-amino-alcohol motifs (C(OH)–C–C–N with tert-alkyl or cyclic N) is 1. The summed E-state index contributed by atoms with van der Waals surface area (Å²) in [4.78, 5) is 26.8. The number of aliphatic hydroxyl groups is 1. The number of carboxylic acid groups (broad SMARTS) is 1. The number of alkyl halides is 3. The minimum absolute atomic E-state index is 0.0620. The zero-order chi connectivity index (χ0) is 19.8. The van der Waals surface area contributed by atoms with Gasteiger partial charge in [-0.1, -0.05) is 12.1 Å². The van der Waals surface area contributed by atoms with Gasteiger partial charge in [0.15, 0.2) is 0 Å². The van der Waals surface area contributed by atoms with Crippen molar-refractivity contribution in [1.29, 1.82) is 0 Å². The number of ether oxygens (including phenoxy) is 1. The Morgan fingerprint density at radius 3 is 2.15 bits per heavy atom. The third-order valence-corrected chi connectivity index (χ3v) is 4.79. The first-order valence-electron chi connectivity index (χ1n) is 8.43. The van der Waals surface area contributed by atoms with Gasteiger partial charge in [-0.2, -0.15) is 0 Å². The van der Waals surface area contributed by atoms with Gasteiger partial charge < -0.3 is 24.7 Å². The van der Waals surface area contributed by atoms with Crippen LogP contribution in [0.5, 0.6) is 5.75 Å². The van der Waals surface area contributed by atoms with Gasteiger partial charge >= 0.3 is 18.4 Å². The number of likely N-dealkylation sites (tertiary alicyclic amines) is 2. The summed E-state index contributed by atoms with van der Waals surface area (Å²) in [5, 5.41) is 18.7. The number of aliphatic carboxylic acids is 1. The Bertz CT molecular complexity index is 704. The second-order valence-corrected chi connectivity index (χ2v) is 6.83. The number of piperidine rings is 1. The van der Waals surface area contributed by atoms with Crippen LogP contribution in [0.15, 0.2) is 24.3 Å². The SMILES string of the molecule is O=C(O)C1CC(c2ccc(OC(F)(F)F)cc2)CN(C(=O)N2CC(O)C2)C1. The number of carbonyl (C=O) groups is 2. The maximum absolute atomic E-state index is 12.5. The van der Waals surface area contributed by atoms with Crippen LogP contribution in [0.1, 0.15) is 17.9 Å². The van der Waals surface area contributed by atoms with Crippen molar-refractivity contribution in [3.05, 3.63) is 29.8 Å². The van der Waals surface area contributed by atoms with Crippen LogP contribution < -0.4 is 4.74 Å². The van der Waals surface area contributed by atoms with Crippen LogP contribution in [-0.2, 0) is 4.79 Å². The van der Waals surface area contributed by atoms with Crippen LogP contribution in [0, 0.1) is 5.92 Å². The summed E-state index contributed by atoms with van der Waals surface area (Å²) in [7, 11) is 0. The van der Waals surface area contributed by atoms with Crippen LogP contribution >= 0.6 is 0 Å². The van der Waals surface area contributed by atoms with E-state index < -0.39 is 24.4 Å². The highest BCUT2D eigenvalue weighted by atomic mass is 19.4. The van der Waals surface area contributed by atoms with E-state index in [0.717, 1.165) is 0 Å². The number of urea groups is 1. The highest BCUT2D eigenvalue weighted by Crippen LogP contribution is 2.33. The van der Waals surface area contributed by atoms with E-state index in [4.69, 9.17) is 0 Å². The van der Waals surface area contributed by atoms with Gasteiger partial charge in [-0.3, -0.25) is 4.79 Å². The Morgan fingerprint density at radius 2 is 1.63 bits per heavy atom. The maximum atomic E-state index is 12.5. The molecule has 2 aliphatic rings. The molecule has 10 heteroatoms. The van der Waals surface area contributed by atoms with E-state index in [2.05, 4.69) is 4.74 Å². The second-order valence-electron chi connectivity index (χ2n) is 6.83. The monoisotopic (exact) mass is 388 g/mol. The van der Waals surface area contributed by atoms with Gasteiger partial charge in [-0.25, -0.2) is 4.79 Å². The lowest BCUT2D eigenvalue weighted by molar-refractivity contribution is -0.274. The summed E-state index contributed by atoms with van der Waals surface area (Å²) in [5.74, 6) is -2.49. The molecule has 0 spiro atoms. The minimum atomic E-state index is -4.79. The molecule has 3 rings (SSSR count). The van der Waals surface area contributed by atoms with Gasteiger partial charge in [0.1, 0.15) is 5.75 Å². The number of rotatable bonds is 3. The predicted octanol–water partition coefficient (Wildman–Crippen LogP) is 1.87. The summed E-state index contributed by atoms with van der Waals surface area (Å²) in [6, 6.07) is 4.90. The molecule has 2 unspecified atom stereocenters. The van der Waals surface area contributed by atoms with Gasteiger partial charge in [-0.15, -0.1) is 13.2 Å². The number of carbonyl (C=O) groups excluding carboxylic acids is 1. The first kappa shape index (κ1) is 19.3. The fraction of sp³-hybridized carbons (Fsp3) is 0.529. The summed E-state index contributed by atoms with van der Waals surface area (Å²) in [6.45, 7) is 0.740. The Labute approximate surface area is 152 Å². The average Bonchev–Trinajstić information content (AvgIpc) is 2.57. The zero-order valence-corrected chi connectivity index (χ0v) is 14.2. The number of carboxylic acids is 1. The molecule has 2 heterocycles. The number of amides is 2. The molecule has 27 heavy (non-hydrogen) atoms. The summed E-state index contributed by atoms with van der Waals surface area (Å²) in [6.07, 6.45) is -5.07. The van der Waals surface area contributed by atoms with E-state index >= 15 is 0 Å². The van der Waals surface area contributed by atoms with Gasteiger partial charge in [0.25, 0.3) is 0 Å². The third-order valence-electron chi connectivity index (χ3n) is 4.79. The Morgan fingerprint density at radius 1 is 1.04 bits per heavy atom. The van der Waals surface area contributed by atoms with Crippen molar-refractivity contribution in [2.75, 3.05) is 26.2 Å². The molecule has 2 saturated heterocycles. The number of hydrogen-bond acceptors (Lipinski definition) is 4. The van der Waals surface area contributed by atoms with Crippen molar-refractivity contribution in [1.82, 2.24) is 9.80 Å². The molecule has 0 aromatic heterocycles. The Kier molecular flexibility index (Phi) is 5.18. The lowest BCUT2D eigenvalue weighted by Gasteiger charge is -2.43. The summed E-state index contributed by atoms with van der Waals surface area (Å²) in [5.41, 5.74) is 0.636. The Hall–Kier alpha value is -2.49. The molecule has 0 aliphatic carbocycles. The average molecular weight is 388 g/mol. The number of hydrogen-bond donors (Lipinski definition) is 2. The molecule has 7 nitrogen and oxygen atoms in total. The van der Waals surface area contributed by atoms with Crippen LogP contribution in [0.2, 0.25) is 0 Å². The maximum Gasteiger partial charge on any atom is 0.573 e. The van der Waals surface area contributed by atoms with Crippen molar-refractivity contribution in [2.45, 2.75) is 24.8 Å². The van der Waals surface area contributed by atoms with Gasteiger partial charge in [0, 0.05) is 19.0 Å². The van der Waals surface area contributed by atoms with Crippen molar-refractivity contribution in [3.63, 3.8) is 0 Å². The lowest BCUT2D eigenvalue weighted by atomic mass is 9.84. The molecule has 2 amide bonds. The summed E-state index contributed by atoms with van der Waals surface area (Å²) >= 11 is 0. The van der Waals surface area contributed by atoms with Crippen LogP contribution in [0.4, 0.5) is 18.0 Å². The molecule has 2 N–H and O–H groups in total. The largest absolute Gasteiger partial charge is 0.573 e. The predicted molar refractivity (Wildman–Crippen MR) is 86.2 cm³/mol. The topological polar surface area (TPSA) is 90.3 Å². The molecular formula is C17H19F3N2O5. The van der Waals surface area contributed by atoms with Crippen molar-refractivity contribution >= 4 is 12.0 Å². The van der Waals surface area contributed by atoms with Crippen molar-refractivity contribution in [2.24, 2.45) is 5.92 Å². The van der Waals surface area contributed by atoms with Gasteiger partial charge in [-0.05, 0) is 24.1 Å². The van der Waals surface area contributed by atoms with E-state index in [0.29, 0.717) is 5.56 Å².